The number of thioether (sulfide) groups is 1. The van der Waals surface area contributed by atoms with Gasteiger partial charge in [0.05, 0.1) is 0 Å². The van der Waals surface area contributed by atoms with Gasteiger partial charge in [-0.05, 0) is 54.4 Å². The second kappa shape index (κ2) is 19.5. The Balaban J connectivity index is 0. The Morgan fingerprint density at radius 2 is 1.48 bits per heavy atom. The third-order valence-electron chi connectivity index (χ3n) is 2.23. The van der Waals surface area contributed by atoms with Crippen molar-refractivity contribution in [3.05, 3.63) is 40.2 Å². The molecule has 0 N–H and O–H groups in total. The molecule has 0 unspecified atom stereocenters. The fourth-order valence-electron chi connectivity index (χ4n) is 1.26. The number of halogens is 3. The molecule has 11 heteroatoms. The average Bonchev–Trinajstić information content (AvgIpc) is 3.17. The smallest absolute Gasteiger partial charge is 0.796 e. The van der Waals surface area contributed by atoms with Crippen LogP contribution in [0.5, 0.6) is 0 Å². The minimum atomic E-state index is 0. The van der Waals surface area contributed by atoms with Crippen molar-refractivity contribution >= 4 is 59.2 Å². The summed E-state index contributed by atoms with van der Waals surface area (Å²) >= 11 is 21.9. The average molecular weight is 452 g/mol. The fraction of sp³-hybridized carbons (Fsp3) is 0.429. The predicted octanol–water partition coefficient (Wildman–Crippen LogP) is 1.60. The Morgan fingerprint density at radius 1 is 0.960 bits per heavy atom. The van der Waals surface area contributed by atoms with Crippen molar-refractivity contribution in [2.45, 2.75) is 17.9 Å². The van der Waals surface area contributed by atoms with Crippen LogP contribution in [-0.4, -0.2) is 45.7 Å². The molecular formula is C14H18Cl3N4NaOS2. The molecule has 134 valence electrons. The minimum absolute atomic E-state index is 0. The SMILES string of the molecule is C1CCOC1.CSc1ccnc(Cl)n1.C[S-].Clc1ccnc(Cl)n1.[Na+]. The van der Waals surface area contributed by atoms with Crippen LogP contribution in [0.3, 0.4) is 0 Å². The quantitative estimate of drug-likeness (QED) is 0.215. The second-order valence-electron chi connectivity index (χ2n) is 3.84. The van der Waals surface area contributed by atoms with Crippen molar-refractivity contribution in [1.82, 2.24) is 19.9 Å². The summed E-state index contributed by atoms with van der Waals surface area (Å²) in [5, 5.41) is 1.75. The molecule has 1 fully saturated rings. The molecule has 5 nitrogen and oxygen atoms in total. The van der Waals surface area contributed by atoms with Gasteiger partial charge in [-0.1, -0.05) is 11.6 Å². The summed E-state index contributed by atoms with van der Waals surface area (Å²) in [6.07, 6.45) is 9.22. The molecule has 0 aliphatic carbocycles. The van der Waals surface area contributed by atoms with Gasteiger partial charge in [-0.3, -0.25) is 0 Å². The van der Waals surface area contributed by atoms with Crippen LogP contribution in [-0.2, 0) is 17.4 Å². The van der Waals surface area contributed by atoms with E-state index in [2.05, 4.69) is 32.6 Å². The van der Waals surface area contributed by atoms with Gasteiger partial charge in [-0.15, -0.1) is 11.8 Å². The van der Waals surface area contributed by atoms with Crippen LogP contribution in [0.2, 0.25) is 15.7 Å². The fourth-order valence-corrected chi connectivity index (χ4v) is 2.16. The number of nitrogens with zero attached hydrogens (tertiary/aromatic N) is 4. The van der Waals surface area contributed by atoms with Crippen molar-refractivity contribution in [2.24, 2.45) is 0 Å². The van der Waals surface area contributed by atoms with Crippen LogP contribution in [0.25, 0.3) is 0 Å². The Bertz CT molecular complexity index is 544. The van der Waals surface area contributed by atoms with E-state index >= 15 is 0 Å². The molecule has 3 rings (SSSR count). The Hall–Kier alpha value is 0.690. The predicted molar refractivity (Wildman–Crippen MR) is 104 cm³/mol. The Morgan fingerprint density at radius 3 is 1.76 bits per heavy atom. The van der Waals surface area contributed by atoms with Crippen molar-refractivity contribution in [1.29, 1.82) is 0 Å². The minimum Gasteiger partial charge on any atom is -0.796 e. The van der Waals surface area contributed by atoms with Gasteiger partial charge in [0, 0.05) is 25.6 Å². The van der Waals surface area contributed by atoms with E-state index in [0.717, 1.165) is 18.2 Å². The molecule has 2 aromatic heterocycles. The van der Waals surface area contributed by atoms with E-state index in [4.69, 9.17) is 39.5 Å². The largest absolute Gasteiger partial charge is 1.00 e. The van der Waals surface area contributed by atoms with Gasteiger partial charge < -0.3 is 17.4 Å². The Kier molecular flexibility index (Phi) is 21.7. The number of aromatic nitrogens is 4. The molecule has 0 spiro atoms. The maximum atomic E-state index is 5.49. The van der Waals surface area contributed by atoms with Crippen LogP contribution in [0.1, 0.15) is 12.8 Å². The van der Waals surface area contributed by atoms with Gasteiger partial charge >= 0.3 is 29.6 Å². The molecule has 0 amide bonds. The van der Waals surface area contributed by atoms with E-state index in [9.17, 15) is 0 Å². The van der Waals surface area contributed by atoms with Crippen molar-refractivity contribution < 1.29 is 34.3 Å². The van der Waals surface area contributed by atoms with Crippen LogP contribution in [0.15, 0.2) is 29.6 Å². The summed E-state index contributed by atoms with van der Waals surface area (Å²) in [6.45, 7) is 2.00. The van der Waals surface area contributed by atoms with Gasteiger partial charge in [0.15, 0.2) is 0 Å². The maximum Gasteiger partial charge on any atom is 1.00 e. The van der Waals surface area contributed by atoms with Crippen LogP contribution < -0.4 is 29.6 Å². The maximum absolute atomic E-state index is 5.49. The first-order valence-corrected chi connectivity index (χ1v) is 9.94. The molecule has 0 aromatic carbocycles. The van der Waals surface area contributed by atoms with E-state index in [1.54, 1.807) is 30.3 Å². The van der Waals surface area contributed by atoms with E-state index in [1.165, 1.54) is 19.0 Å². The molecule has 0 radical (unpaired) electrons. The molecular weight excluding hydrogens is 434 g/mol. The zero-order valence-corrected chi connectivity index (χ0v) is 20.2. The van der Waals surface area contributed by atoms with Gasteiger partial charge in [-0.2, -0.15) is 6.26 Å². The summed E-state index contributed by atoms with van der Waals surface area (Å²) in [5.41, 5.74) is 0. The summed E-state index contributed by atoms with van der Waals surface area (Å²) in [5.74, 6) is 0. The molecule has 1 aliphatic rings. The molecule has 1 aliphatic heterocycles. The van der Waals surface area contributed by atoms with Crippen molar-refractivity contribution in [2.75, 3.05) is 25.7 Å². The molecule has 25 heavy (non-hydrogen) atoms. The molecule has 0 bridgehead atoms. The van der Waals surface area contributed by atoms with Gasteiger partial charge in [-0.25, -0.2) is 19.9 Å². The third kappa shape index (κ3) is 16.6. The van der Waals surface area contributed by atoms with Crippen LogP contribution in [0, 0.1) is 0 Å². The second-order valence-corrected chi connectivity index (χ2v) is 5.73. The molecule has 0 saturated carbocycles. The molecule has 2 aromatic rings. The topological polar surface area (TPSA) is 60.8 Å². The summed E-state index contributed by atoms with van der Waals surface area (Å²) in [6, 6.07) is 3.38. The number of rotatable bonds is 1. The number of hydrogen-bond acceptors (Lipinski definition) is 7. The third-order valence-corrected chi connectivity index (χ3v) is 3.45. The van der Waals surface area contributed by atoms with Crippen molar-refractivity contribution in [3.63, 3.8) is 0 Å². The first-order valence-electron chi connectivity index (χ1n) is 6.77. The summed E-state index contributed by atoms with van der Waals surface area (Å²) in [7, 11) is 0. The summed E-state index contributed by atoms with van der Waals surface area (Å²) in [4.78, 5) is 14.8. The van der Waals surface area contributed by atoms with Crippen LogP contribution in [0.4, 0.5) is 0 Å². The number of hydrogen-bond donors (Lipinski definition) is 0. The Labute approximate surface area is 195 Å². The van der Waals surface area contributed by atoms with Gasteiger partial charge in [0.25, 0.3) is 0 Å². The standard InChI is InChI=1S/C5H5ClN2S.C4H2Cl2N2.C4H8O.CH4S.Na/c1-9-4-2-3-7-5(6)8-4;5-3-1-2-7-4(6)8-3;1-2-4-5-3-1;1-2;/h2-3H,1H3;1-2H;1-4H2;2H,1H3;/q;;;;+1/p-1. The van der Waals surface area contributed by atoms with E-state index < -0.39 is 0 Å². The zero-order chi connectivity index (χ0) is 18.2. The molecule has 1 saturated heterocycles. The summed E-state index contributed by atoms with van der Waals surface area (Å²) < 4.78 is 4.94. The van der Waals surface area contributed by atoms with E-state index in [1.807, 2.05) is 12.3 Å². The van der Waals surface area contributed by atoms with E-state index in [-0.39, 0.29) is 34.8 Å². The normalized spacial score (nSPS) is 11.4. The van der Waals surface area contributed by atoms with Crippen molar-refractivity contribution in [3.8, 4) is 0 Å². The van der Waals surface area contributed by atoms with Gasteiger partial charge in [0.1, 0.15) is 10.2 Å². The zero-order valence-electron chi connectivity index (χ0n) is 14.3. The van der Waals surface area contributed by atoms with E-state index in [0.29, 0.717) is 10.4 Å². The first-order chi connectivity index (χ1) is 11.6. The number of ether oxygens (including phenoxy) is 1. The molecule has 0 atom stereocenters. The first kappa shape index (κ1) is 27.9. The molecule has 3 heterocycles. The monoisotopic (exact) mass is 450 g/mol. The van der Waals surface area contributed by atoms with Gasteiger partial charge in [0.2, 0.25) is 10.6 Å². The van der Waals surface area contributed by atoms with Crippen LogP contribution >= 0.6 is 46.6 Å².